The Labute approximate surface area is 177 Å². The van der Waals surface area contributed by atoms with Crippen LogP contribution in [0.2, 0.25) is 0 Å². The molecule has 0 heterocycles. The van der Waals surface area contributed by atoms with Crippen LogP contribution in [0.1, 0.15) is 110 Å². The normalized spacial score (nSPS) is 11.7. The zero-order valence-corrected chi connectivity index (χ0v) is 19.7. The van der Waals surface area contributed by atoms with E-state index in [1.807, 2.05) is 0 Å². The lowest BCUT2D eigenvalue weighted by atomic mass is 10.1. The molecule has 0 amide bonds. The van der Waals surface area contributed by atoms with Crippen LogP contribution in [-0.4, -0.2) is 37.5 Å². The van der Waals surface area contributed by atoms with E-state index >= 15 is 0 Å². The molecule has 3 heteroatoms. The van der Waals surface area contributed by atoms with Gasteiger partial charge in [0, 0.05) is 6.42 Å². The molecular weight excluding hydrogens is 354 g/mol. The molecule has 0 fully saturated rings. The van der Waals surface area contributed by atoms with Crippen molar-refractivity contribution in [2.45, 2.75) is 110 Å². The molecule has 2 nitrogen and oxygen atoms in total. The van der Waals surface area contributed by atoms with Gasteiger partial charge in [-0.05, 0) is 38.5 Å². The molecule has 0 aromatic carbocycles. The summed E-state index contributed by atoms with van der Waals surface area (Å²) in [6.45, 7) is 6.26. The Kier molecular flexibility index (Phi) is 21.8. The third-order valence-electron chi connectivity index (χ3n) is 5.15. The average molecular weight is 402 g/mol. The topological polar surface area (TPSA) is 17.1 Å². The molecule has 162 valence electrons. The monoisotopic (exact) mass is 401 g/mol. The number of ketones is 1. The molecule has 0 spiro atoms. The Bertz CT molecular complexity index is 352. The Morgan fingerprint density at radius 3 is 1.70 bits per heavy atom. The average Bonchev–Trinajstić information content (AvgIpc) is 2.57. The van der Waals surface area contributed by atoms with Gasteiger partial charge in [0.15, 0.2) is 5.78 Å². The Balaban J connectivity index is 0. The fourth-order valence-electron chi connectivity index (χ4n) is 3.63. The summed E-state index contributed by atoms with van der Waals surface area (Å²) in [4.78, 5) is 12.0. The summed E-state index contributed by atoms with van der Waals surface area (Å²) < 4.78 is 0.848. The van der Waals surface area contributed by atoms with Gasteiger partial charge in [-0.1, -0.05) is 77.4 Å². The Morgan fingerprint density at radius 1 is 0.704 bits per heavy atom. The minimum atomic E-state index is 0. The number of nitrogens with zero attached hydrogens (tertiary/aromatic N) is 1. The molecule has 0 rings (SSSR count). The molecule has 0 aliphatic carbocycles. The fraction of sp³-hybridized carbons (Fsp3) is 0.875. The molecule has 0 saturated carbocycles. The van der Waals surface area contributed by atoms with Crippen molar-refractivity contribution in [2.24, 2.45) is 0 Å². The molecule has 0 atom stereocenters. The Morgan fingerprint density at radius 2 is 1.19 bits per heavy atom. The second-order valence-electron chi connectivity index (χ2n) is 8.69. The first-order valence-corrected chi connectivity index (χ1v) is 11.5. The predicted octanol–water partition coefficient (Wildman–Crippen LogP) is 4.08. The highest BCUT2D eigenvalue weighted by Gasteiger charge is 2.18. The lowest BCUT2D eigenvalue weighted by Gasteiger charge is -2.28. The van der Waals surface area contributed by atoms with E-state index in [-0.39, 0.29) is 12.4 Å². The van der Waals surface area contributed by atoms with Crippen LogP contribution in [0.5, 0.6) is 0 Å². The molecule has 0 unspecified atom stereocenters. The van der Waals surface area contributed by atoms with E-state index in [1.165, 1.54) is 77.0 Å². The summed E-state index contributed by atoms with van der Waals surface area (Å²) in [5, 5.41) is 0. The van der Waals surface area contributed by atoms with Crippen LogP contribution in [0.25, 0.3) is 0 Å². The number of hydrogen-bond donors (Lipinski definition) is 0. The Hall–Kier alpha value is -0.340. The van der Waals surface area contributed by atoms with E-state index in [0.29, 0.717) is 12.3 Å². The maximum atomic E-state index is 12.0. The van der Waals surface area contributed by atoms with E-state index in [0.717, 1.165) is 30.3 Å². The van der Waals surface area contributed by atoms with Gasteiger partial charge in [-0.3, -0.25) is 4.79 Å². The van der Waals surface area contributed by atoms with Gasteiger partial charge in [-0.25, -0.2) is 0 Å². The van der Waals surface area contributed by atoms with E-state index in [4.69, 9.17) is 0 Å². The summed E-state index contributed by atoms with van der Waals surface area (Å²) in [7, 11) is 4.34. The van der Waals surface area contributed by atoms with Crippen molar-refractivity contribution < 1.29 is 21.7 Å². The first-order chi connectivity index (χ1) is 12.5. The van der Waals surface area contributed by atoms with Crippen molar-refractivity contribution in [1.82, 2.24) is 0 Å². The van der Waals surface area contributed by atoms with Gasteiger partial charge in [-0.15, -0.1) is 0 Å². The van der Waals surface area contributed by atoms with Crippen LogP contribution in [0.4, 0.5) is 0 Å². The van der Waals surface area contributed by atoms with Gasteiger partial charge in [0.2, 0.25) is 0 Å². The van der Waals surface area contributed by atoms with Crippen molar-refractivity contribution >= 4 is 5.78 Å². The zero-order valence-electron chi connectivity index (χ0n) is 18.9. The highest BCUT2D eigenvalue weighted by atomic mass is 35.5. The van der Waals surface area contributed by atoms with Crippen LogP contribution < -0.4 is 12.4 Å². The molecule has 0 saturated heterocycles. The number of hydrogen-bond acceptors (Lipinski definition) is 1. The number of halogens is 1. The highest BCUT2D eigenvalue weighted by molar-refractivity contribution is 5.79. The van der Waals surface area contributed by atoms with Crippen molar-refractivity contribution in [2.75, 3.05) is 27.2 Å². The lowest BCUT2D eigenvalue weighted by molar-refractivity contribution is -0.882. The van der Waals surface area contributed by atoms with Crippen LogP contribution in [0.3, 0.4) is 0 Å². The second-order valence-corrected chi connectivity index (χ2v) is 8.69. The molecule has 0 radical (unpaired) electrons. The predicted molar refractivity (Wildman–Crippen MR) is 117 cm³/mol. The summed E-state index contributed by atoms with van der Waals surface area (Å²) in [6.07, 6.45) is 23.7. The quantitative estimate of drug-likeness (QED) is 0.181. The maximum absolute atomic E-state index is 12.0. The summed E-state index contributed by atoms with van der Waals surface area (Å²) in [5.41, 5.74) is 0. The molecule has 0 bridgehead atoms. The van der Waals surface area contributed by atoms with Crippen molar-refractivity contribution in [1.29, 1.82) is 0 Å². The fourth-order valence-corrected chi connectivity index (χ4v) is 3.63. The van der Waals surface area contributed by atoms with Crippen molar-refractivity contribution in [3.63, 3.8) is 0 Å². The molecule has 0 aliphatic rings. The number of likely N-dealkylation sites (N-methyl/N-ethyl adjacent to an activating group) is 1. The summed E-state index contributed by atoms with van der Waals surface area (Å²) in [5.74, 6) is 0.445. The van der Waals surface area contributed by atoms with Crippen molar-refractivity contribution in [3.05, 3.63) is 12.2 Å². The number of rotatable bonds is 19. The second kappa shape index (κ2) is 20.4. The smallest absolute Gasteiger partial charge is 0.186 e. The van der Waals surface area contributed by atoms with E-state index in [1.54, 1.807) is 0 Å². The third kappa shape index (κ3) is 21.8. The summed E-state index contributed by atoms with van der Waals surface area (Å²) in [6, 6.07) is 0. The van der Waals surface area contributed by atoms with Gasteiger partial charge in [0.05, 0.1) is 20.6 Å². The minimum absolute atomic E-state index is 0. The SMILES string of the molecule is CCCCCCCC/C=C\CCCCCCCC(=O)C[N+](C)(C)CCC.[Cl-]. The third-order valence-corrected chi connectivity index (χ3v) is 5.15. The van der Waals surface area contributed by atoms with Crippen LogP contribution in [0.15, 0.2) is 12.2 Å². The van der Waals surface area contributed by atoms with Crippen LogP contribution >= 0.6 is 0 Å². The van der Waals surface area contributed by atoms with Gasteiger partial charge >= 0.3 is 0 Å². The molecule has 0 aliphatic heterocycles. The largest absolute Gasteiger partial charge is 1.00 e. The van der Waals surface area contributed by atoms with Gasteiger partial charge in [-0.2, -0.15) is 0 Å². The highest BCUT2D eigenvalue weighted by Crippen LogP contribution is 2.11. The number of carbonyl (C=O) groups excluding carboxylic acids is 1. The van der Waals surface area contributed by atoms with Gasteiger partial charge < -0.3 is 16.9 Å². The standard InChI is InChI=1S/C24H48NO.ClH/c1-5-7-8-9-10-11-12-13-14-15-16-17-18-19-20-21-24(26)23-25(3,4)22-6-2;/h13-14H,5-12,15-23H2,1-4H3;1H/q+1;/p-1/b14-13-;. The number of quaternary nitrogens is 1. The molecular formula is C24H48ClNO. The zero-order chi connectivity index (χ0) is 19.5. The molecule has 27 heavy (non-hydrogen) atoms. The number of carbonyl (C=O) groups is 1. The summed E-state index contributed by atoms with van der Waals surface area (Å²) >= 11 is 0. The van der Waals surface area contributed by atoms with E-state index < -0.39 is 0 Å². The molecule has 0 N–H and O–H groups in total. The molecule has 0 aromatic heterocycles. The molecule has 0 aromatic rings. The number of Topliss-reactive ketones (excluding diaryl/α,β-unsaturated/α-hetero) is 1. The maximum Gasteiger partial charge on any atom is 0.186 e. The van der Waals surface area contributed by atoms with Gasteiger partial charge in [0.25, 0.3) is 0 Å². The van der Waals surface area contributed by atoms with Crippen LogP contribution in [0, 0.1) is 0 Å². The van der Waals surface area contributed by atoms with Crippen LogP contribution in [-0.2, 0) is 4.79 Å². The lowest BCUT2D eigenvalue weighted by Crippen LogP contribution is -3.00. The minimum Gasteiger partial charge on any atom is -1.00 e. The number of unbranched alkanes of at least 4 members (excludes halogenated alkanes) is 11. The van der Waals surface area contributed by atoms with E-state index in [9.17, 15) is 4.79 Å². The first-order valence-electron chi connectivity index (χ1n) is 11.5. The first kappa shape index (κ1) is 28.9. The number of allylic oxidation sites excluding steroid dienone is 2. The van der Waals surface area contributed by atoms with E-state index in [2.05, 4.69) is 40.1 Å². The van der Waals surface area contributed by atoms with Gasteiger partial charge in [0.1, 0.15) is 6.54 Å². The van der Waals surface area contributed by atoms with Crippen molar-refractivity contribution in [3.8, 4) is 0 Å².